The van der Waals surface area contributed by atoms with Gasteiger partial charge in [0.2, 0.25) is 0 Å². The number of benzene rings is 1. The van der Waals surface area contributed by atoms with E-state index < -0.39 is 6.09 Å². The molecule has 2 fully saturated rings. The first kappa shape index (κ1) is 23.0. The number of hydrogen-bond donors (Lipinski definition) is 1. The van der Waals surface area contributed by atoms with E-state index in [1.165, 1.54) is 4.90 Å². The van der Waals surface area contributed by atoms with E-state index in [4.69, 9.17) is 9.84 Å². The number of piperidine rings is 1. The third kappa shape index (κ3) is 5.60. The third-order valence-electron chi connectivity index (χ3n) is 6.61. The van der Waals surface area contributed by atoms with E-state index in [1.54, 1.807) is 12.4 Å². The lowest BCUT2D eigenvalue weighted by Gasteiger charge is -2.29. The number of nitrogens with zero attached hydrogens (tertiary/aromatic N) is 5. The van der Waals surface area contributed by atoms with E-state index >= 15 is 0 Å². The van der Waals surface area contributed by atoms with Gasteiger partial charge >= 0.3 is 12.1 Å². The molecule has 1 aromatic carbocycles. The molecule has 1 aromatic heterocycles. The number of amides is 2. The van der Waals surface area contributed by atoms with Crippen molar-refractivity contribution in [1.29, 1.82) is 0 Å². The van der Waals surface area contributed by atoms with E-state index in [1.807, 2.05) is 29.2 Å². The average molecular weight is 454 g/mol. The average Bonchev–Trinajstić information content (AvgIpc) is 3.34. The summed E-state index contributed by atoms with van der Waals surface area (Å²) in [6, 6.07) is 8.28. The Morgan fingerprint density at radius 3 is 2.21 bits per heavy atom. The molecule has 0 spiro atoms. The number of carbonyl (C=O) groups is 2. The second kappa shape index (κ2) is 10.2. The molecule has 0 bridgehead atoms. The molecule has 176 valence electrons. The van der Waals surface area contributed by atoms with Crippen molar-refractivity contribution in [1.82, 2.24) is 24.7 Å². The number of likely N-dealkylation sites (tertiary alicyclic amines) is 2. The molecule has 1 unspecified atom stereocenters. The summed E-state index contributed by atoms with van der Waals surface area (Å²) in [5.41, 5.74) is 2.48. The Kier molecular flexibility index (Phi) is 7.08. The maximum absolute atomic E-state index is 12.8. The van der Waals surface area contributed by atoms with Crippen LogP contribution >= 0.6 is 0 Å². The van der Waals surface area contributed by atoms with Crippen molar-refractivity contribution in [2.45, 2.75) is 25.3 Å². The van der Waals surface area contributed by atoms with Crippen molar-refractivity contribution >= 4 is 12.0 Å². The fourth-order valence-corrected chi connectivity index (χ4v) is 4.36. The highest BCUT2D eigenvalue weighted by atomic mass is 16.5. The summed E-state index contributed by atoms with van der Waals surface area (Å²) in [7, 11) is 4.10. The molecule has 2 amide bonds. The Labute approximate surface area is 194 Å². The summed E-state index contributed by atoms with van der Waals surface area (Å²) in [5, 5.41) is 9.03. The summed E-state index contributed by atoms with van der Waals surface area (Å²) in [4.78, 5) is 37.9. The van der Waals surface area contributed by atoms with Gasteiger partial charge in [0.15, 0.2) is 0 Å². The van der Waals surface area contributed by atoms with Crippen LogP contribution in [0.25, 0.3) is 11.1 Å². The first-order valence-electron chi connectivity index (χ1n) is 11.4. The van der Waals surface area contributed by atoms with Gasteiger partial charge < -0.3 is 24.5 Å². The van der Waals surface area contributed by atoms with Crippen LogP contribution < -0.4 is 4.74 Å². The molecular weight excluding hydrogens is 422 g/mol. The van der Waals surface area contributed by atoms with E-state index in [2.05, 4.69) is 29.0 Å². The molecule has 1 N–H and O–H groups in total. The van der Waals surface area contributed by atoms with Crippen LogP contribution in [0.4, 0.5) is 4.79 Å². The number of carbonyl (C=O) groups excluding carboxylic acids is 1. The monoisotopic (exact) mass is 453 g/mol. The molecule has 4 rings (SSSR count). The van der Waals surface area contributed by atoms with Crippen LogP contribution in [-0.4, -0.2) is 94.7 Å². The largest absolute Gasteiger partial charge is 0.465 e. The Morgan fingerprint density at radius 2 is 1.64 bits per heavy atom. The zero-order chi connectivity index (χ0) is 23.4. The normalized spacial score (nSPS) is 19.2. The predicted octanol–water partition coefficient (Wildman–Crippen LogP) is 2.69. The van der Waals surface area contributed by atoms with Crippen LogP contribution in [0.2, 0.25) is 0 Å². The van der Waals surface area contributed by atoms with Crippen molar-refractivity contribution in [2.24, 2.45) is 5.92 Å². The van der Waals surface area contributed by atoms with Crippen molar-refractivity contribution in [3.8, 4) is 17.1 Å². The molecule has 1 atom stereocenters. The fourth-order valence-electron chi connectivity index (χ4n) is 4.36. The van der Waals surface area contributed by atoms with Crippen LogP contribution in [0.3, 0.4) is 0 Å². The van der Waals surface area contributed by atoms with Crippen LogP contribution in [0.15, 0.2) is 36.7 Å². The quantitative estimate of drug-likeness (QED) is 0.718. The number of aromatic nitrogens is 2. The number of hydrogen-bond acceptors (Lipinski definition) is 6. The molecule has 0 aliphatic carbocycles. The maximum Gasteiger partial charge on any atom is 0.407 e. The first-order chi connectivity index (χ1) is 15.9. The number of carboxylic acid groups (broad SMARTS) is 1. The molecule has 3 heterocycles. The highest BCUT2D eigenvalue weighted by Crippen LogP contribution is 2.22. The van der Waals surface area contributed by atoms with Gasteiger partial charge in [-0.1, -0.05) is 12.1 Å². The first-order valence-corrected chi connectivity index (χ1v) is 11.4. The van der Waals surface area contributed by atoms with E-state index in [9.17, 15) is 9.59 Å². The number of rotatable bonds is 6. The maximum atomic E-state index is 12.8. The highest BCUT2D eigenvalue weighted by molar-refractivity contribution is 5.95. The Balaban J connectivity index is 1.29. The van der Waals surface area contributed by atoms with Gasteiger partial charge in [-0.2, -0.15) is 0 Å². The van der Waals surface area contributed by atoms with Crippen LogP contribution in [0, 0.1) is 5.92 Å². The summed E-state index contributed by atoms with van der Waals surface area (Å²) in [6.07, 6.45) is 5.14. The minimum absolute atomic E-state index is 0.0695. The Hall–Kier alpha value is -3.20. The Morgan fingerprint density at radius 1 is 1.00 bits per heavy atom. The molecule has 0 radical (unpaired) electrons. The van der Waals surface area contributed by atoms with Gasteiger partial charge in [0.05, 0.1) is 6.61 Å². The van der Waals surface area contributed by atoms with E-state index in [-0.39, 0.29) is 5.91 Å². The molecule has 2 saturated heterocycles. The number of likely N-dealkylation sites (N-methyl/N-ethyl adjacent to an activating group) is 1. The van der Waals surface area contributed by atoms with Crippen LogP contribution in [-0.2, 0) is 0 Å². The lowest BCUT2D eigenvalue weighted by atomic mass is 9.98. The van der Waals surface area contributed by atoms with Gasteiger partial charge in [-0.3, -0.25) is 4.79 Å². The van der Waals surface area contributed by atoms with Gasteiger partial charge in [-0.15, -0.1) is 0 Å². The molecule has 0 saturated carbocycles. The van der Waals surface area contributed by atoms with Crippen molar-refractivity contribution in [3.63, 3.8) is 0 Å². The second-order valence-electron chi connectivity index (χ2n) is 9.01. The molecule has 9 nitrogen and oxygen atoms in total. The molecule has 2 aromatic rings. The van der Waals surface area contributed by atoms with Gasteiger partial charge in [0.25, 0.3) is 5.91 Å². The zero-order valence-corrected chi connectivity index (χ0v) is 19.2. The lowest BCUT2D eigenvalue weighted by Crippen LogP contribution is -2.38. The van der Waals surface area contributed by atoms with Crippen molar-refractivity contribution in [3.05, 3.63) is 42.2 Å². The highest BCUT2D eigenvalue weighted by Gasteiger charge is 2.28. The summed E-state index contributed by atoms with van der Waals surface area (Å²) in [6.45, 7) is 3.11. The second-order valence-corrected chi connectivity index (χ2v) is 9.01. The van der Waals surface area contributed by atoms with Crippen LogP contribution in [0.1, 0.15) is 29.6 Å². The molecular formula is C24H31N5O4. The molecule has 9 heteroatoms. The van der Waals surface area contributed by atoms with E-state index in [0.717, 1.165) is 43.5 Å². The van der Waals surface area contributed by atoms with E-state index in [0.29, 0.717) is 43.2 Å². The minimum atomic E-state index is -0.861. The zero-order valence-electron chi connectivity index (χ0n) is 19.2. The third-order valence-corrected chi connectivity index (χ3v) is 6.61. The SMILES string of the molecule is CN(C)C1CCN(C(=O)c2ccc(-c3cnc(OCC4CCN(C(=O)O)CC4)nc3)cc2)C1. The predicted molar refractivity (Wildman–Crippen MR) is 123 cm³/mol. The van der Waals surface area contributed by atoms with Gasteiger partial charge in [0.1, 0.15) is 0 Å². The molecule has 2 aliphatic rings. The standard InChI is InChI=1S/C24H31N5O4/c1-27(2)21-9-12-29(15-21)22(30)19-5-3-18(4-6-19)20-13-25-23(26-14-20)33-16-17-7-10-28(11-8-17)24(31)32/h3-6,13-14,17,21H,7-12,15-16H2,1-2H3,(H,31,32). The number of ether oxygens (including phenoxy) is 1. The smallest absolute Gasteiger partial charge is 0.407 e. The minimum Gasteiger partial charge on any atom is -0.465 e. The van der Waals surface area contributed by atoms with Crippen LogP contribution in [0.5, 0.6) is 6.01 Å². The fraction of sp³-hybridized carbons (Fsp3) is 0.500. The lowest BCUT2D eigenvalue weighted by molar-refractivity contribution is 0.0783. The van der Waals surface area contributed by atoms with Crippen molar-refractivity contribution < 1.29 is 19.4 Å². The Bertz CT molecular complexity index is 956. The van der Waals surface area contributed by atoms with Gasteiger partial charge in [-0.25, -0.2) is 14.8 Å². The van der Waals surface area contributed by atoms with Crippen molar-refractivity contribution in [2.75, 3.05) is 46.9 Å². The van der Waals surface area contributed by atoms with Gasteiger partial charge in [0, 0.05) is 55.7 Å². The summed E-state index contributed by atoms with van der Waals surface area (Å²) < 4.78 is 5.72. The molecule has 2 aliphatic heterocycles. The molecule has 33 heavy (non-hydrogen) atoms. The topological polar surface area (TPSA) is 99.1 Å². The summed E-state index contributed by atoms with van der Waals surface area (Å²) >= 11 is 0. The summed E-state index contributed by atoms with van der Waals surface area (Å²) in [5.74, 6) is 0.373. The van der Waals surface area contributed by atoms with Gasteiger partial charge in [-0.05, 0) is 57.0 Å².